The van der Waals surface area contributed by atoms with Crippen molar-refractivity contribution >= 4 is 17.3 Å². The molecule has 0 bridgehead atoms. The fourth-order valence-electron chi connectivity index (χ4n) is 1.92. The summed E-state index contributed by atoms with van der Waals surface area (Å²) in [6, 6.07) is 5.44. The molecule has 20 heavy (non-hydrogen) atoms. The highest BCUT2D eigenvalue weighted by Gasteiger charge is 2.16. The summed E-state index contributed by atoms with van der Waals surface area (Å²) in [5.74, 6) is 0. The average molecular weight is 307 g/mol. The molecular weight excluding hydrogens is 286 g/mol. The third kappa shape index (κ3) is 5.61. The second-order valence-corrected chi connectivity index (χ2v) is 5.31. The zero-order valence-electron chi connectivity index (χ0n) is 11.7. The summed E-state index contributed by atoms with van der Waals surface area (Å²) in [6.45, 7) is 4.15. The number of hydrogen-bond acceptors (Lipinski definition) is 3. The van der Waals surface area contributed by atoms with Crippen molar-refractivity contribution in [1.29, 1.82) is 0 Å². The second kappa shape index (κ2) is 8.39. The molecule has 0 atom stereocenters. The van der Waals surface area contributed by atoms with E-state index >= 15 is 0 Å². The van der Waals surface area contributed by atoms with E-state index in [0.717, 1.165) is 5.56 Å². The van der Waals surface area contributed by atoms with E-state index < -0.39 is 13.0 Å². The second-order valence-electron chi connectivity index (χ2n) is 4.87. The quantitative estimate of drug-likeness (QED) is 0.775. The summed E-state index contributed by atoms with van der Waals surface area (Å²) in [7, 11) is 0. The highest BCUT2D eigenvalue weighted by molar-refractivity contribution is 6.30. The lowest BCUT2D eigenvalue weighted by Crippen LogP contribution is -2.33. The van der Waals surface area contributed by atoms with Crippen LogP contribution in [0.5, 0.6) is 0 Å². The van der Waals surface area contributed by atoms with Crippen LogP contribution in [0.3, 0.4) is 0 Å². The van der Waals surface area contributed by atoms with Gasteiger partial charge in [0.05, 0.1) is 13.2 Å². The largest absolute Gasteiger partial charge is 0.395 e. The Hall–Kier alpha value is -0.910. The van der Waals surface area contributed by atoms with Gasteiger partial charge in [0, 0.05) is 29.8 Å². The maximum absolute atomic E-state index is 12.7. The van der Waals surface area contributed by atoms with Crippen LogP contribution in [0.15, 0.2) is 18.2 Å². The van der Waals surface area contributed by atoms with Crippen LogP contribution < -0.4 is 10.2 Å². The lowest BCUT2D eigenvalue weighted by Gasteiger charge is -2.26. The molecule has 0 aliphatic rings. The maximum Gasteiger partial charge on any atom is 0.255 e. The van der Waals surface area contributed by atoms with Gasteiger partial charge in [-0.1, -0.05) is 25.4 Å². The molecule has 1 aromatic rings. The first kappa shape index (κ1) is 17.1. The minimum absolute atomic E-state index is 0.167. The Morgan fingerprint density at radius 2 is 2.05 bits per heavy atom. The van der Waals surface area contributed by atoms with E-state index in [1.807, 2.05) is 13.8 Å². The molecule has 1 rings (SSSR count). The molecule has 0 unspecified atom stereocenters. The number of rotatable bonds is 8. The first-order valence-corrected chi connectivity index (χ1v) is 6.97. The Bertz CT molecular complexity index is 416. The van der Waals surface area contributed by atoms with Gasteiger partial charge in [0.1, 0.15) is 0 Å². The monoisotopic (exact) mass is 306 g/mol. The predicted octanol–water partition coefficient (Wildman–Crippen LogP) is 2.90. The fraction of sp³-hybridized carbons (Fsp3) is 0.571. The summed E-state index contributed by atoms with van der Waals surface area (Å²) in [5, 5.41) is 12.9. The van der Waals surface area contributed by atoms with Crippen LogP contribution in [-0.4, -0.2) is 37.3 Å². The van der Waals surface area contributed by atoms with Gasteiger partial charge in [-0.15, -0.1) is 0 Å². The Kier molecular flexibility index (Phi) is 7.19. The minimum Gasteiger partial charge on any atom is -0.395 e. The number of hydrogen-bond donors (Lipinski definition) is 2. The fourth-order valence-corrected chi connectivity index (χ4v) is 2.11. The highest BCUT2D eigenvalue weighted by Crippen LogP contribution is 2.25. The van der Waals surface area contributed by atoms with Gasteiger partial charge >= 0.3 is 0 Å². The van der Waals surface area contributed by atoms with Gasteiger partial charge in [0.2, 0.25) is 0 Å². The van der Waals surface area contributed by atoms with E-state index in [1.54, 1.807) is 18.2 Å². The van der Waals surface area contributed by atoms with Crippen molar-refractivity contribution in [1.82, 2.24) is 5.32 Å². The molecule has 0 radical (unpaired) electrons. The number of halogens is 3. The van der Waals surface area contributed by atoms with E-state index in [-0.39, 0.29) is 19.2 Å². The zero-order valence-corrected chi connectivity index (χ0v) is 12.5. The van der Waals surface area contributed by atoms with Crippen LogP contribution in [0.1, 0.15) is 19.4 Å². The van der Waals surface area contributed by atoms with Crippen LogP contribution >= 0.6 is 11.6 Å². The molecule has 0 fully saturated rings. The summed E-state index contributed by atoms with van der Waals surface area (Å²) < 4.78 is 25.3. The van der Waals surface area contributed by atoms with Crippen LogP contribution in [0.4, 0.5) is 14.5 Å². The van der Waals surface area contributed by atoms with Crippen molar-refractivity contribution in [2.75, 3.05) is 24.6 Å². The topological polar surface area (TPSA) is 35.5 Å². The van der Waals surface area contributed by atoms with E-state index in [9.17, 15) is 8.78 Å². The number of nitrogens with zero attached hydrogens (tertiary/aromatic N) is 1. The van der Waals surface area contributed by atoms with Crippen LogP contribution in [0.2, 0.25) is 5.02 Å². The van der Waals surface area contributed by atoms with E-state index in [4.69, 9.17) is 16.7 Å². The van der Waals surface area contributed by atoms with Crippen LogP contribution in [-0.2, 0) is 6.54 Å². The number of alkyl halides is 2. The molecule has 0 heterocycles. The van der Waals surface area contributed by atoms with Crippen molar-refractivity contribution in [3.05, 3.63) is 28.8 Å². The normalized spacial score (nSPS) is 11.4. The van der Waals surface area contributed by atoms with Crippen LogP contribution in [0.25, 0.3) is 0 Å². The summed E-state index contributed by atoms with van der Waals surface area (Å²) in [6.07, 6.45) is -2.46. The molecule has 114 valence electrons. The van der Waals surface area contributed by atoms with Gasteiger partial charge in [0.25, 0.3) is 6.43 Å². The van der Waals surface area contributed by atoms with Gasteiger partial charge in [-0.2, -0.15) is 0 Å². The molecule has 3 nitrogen and oxygen atoms in total. The van der Waals surface area contributed by atoms with Gasteiger partial charge in [-0.05, 0) is 23.8 Å². The molecule has 1 aromatic carbocycles. The van der Waals surface area contributed by atoms with Gasteiger partial charge in [-0.3, -0.25) is 0 Å². The Morgan fingerprint density at radius 3 is 2.60 bits per heavy atom. The lowest BCUT2D eigenvalue weighted by molar-refractivity contribution is 0.152. The van der Waals surface area contributed by atoms with E-state index in [1.165, 1.54) is 4.90 Å². The third-order valence-electron chi connectivity index (χ3n) is 2.81. The molecule has 0 aliphatic carbocycles. The molecule has 0 spiro atoms. The Labute approximate surface area is 123 Å². The first-order valence-electron chi connectivity index (χ1n) is 6.59. The minimum atomic E-state index is -2.46. The van der Waals surface area contributed by atoms with Gasteiger partial charge in [-0.25, -0.2) is 8.78 Å². The first-order chi connectivity index (χ1) is 9.43. The SMILES string of the molecule is CC(C)NCc1cc(Cl)ccc1N(CCO)CC(F)F. The summed E-state index contributed by atoms with van der Waals surface area (Å²) in [4.78, 5) is 1.48. The van der Waals surface area contributed by atoms with Gasteiger partial charge in [0.15, 0.2) is 0 Å². The molecule has 6 heteroatoms. The molecule has 0 aromatic heterocycles. The average Bonchev–Trinajstić information content (AvgIpc) is 2.35. The summed E-state index contributed by atoms with van der Waals surface area (Å²) in [5.41, 5.74) is 1.53. The molecule has 2 N–H and O–H groups in total. The third-order valence-corrected chi connectivity index (χ3v) is 3.05. The number of benzene rings is 1. The number of aliphatic hydroxyl groups is 1. The van der Waals surface area contributed by atoms with Crippen molar-refractivity contribution in [2.45, 2.75) is 32.9 Å². The van der Waals surface area contributed by atoms with Crippen molar-refractivity contribution in [3.63, 3.8) is 0 Å². The summed E-state index contributed by atoms with van der Waals surface area (Å²) >= 11 is 5.98. The van der Waals surface area contributed by atoms with E-state index in [2.05, 4.69) is 5.32 Å². The van der Waals surface area contributed by atoms with Crippen molar-refractivity contribution in [3.8, 4) is 0 Å². The predicted molar refractivity (Wildman–Crippen MR) is 78.7 cm³/mol. The van der Waals surface area contributed by atoms with Crippen molar-refractivity contribution in [2.24, 2.45) is 0 Å². The molecular formula is C14H21ClF2N2O. The number of aliphatic hydroxyl groups excluding tert-OH is 1. The molecule has 0 aliphatic heterocycles. The zero-order chi connectivity index (χ0) is 15.1. The smallest absolute Gasteiger partial charge is 0.255 e. The lowest BCUT2D eigenvalue weighted by atomic mass is 10.1. The number of anilines is 1. The number of nitrogens with one attached hydrogen (secondary N) is 1. The highest BCUT2D eigenvalue weighted by atomic mass is 35.5. The standard InChI is InChI=1S/C14H21ClF2N2O/c1-10(2)18-8-11-7-12(15)3-4-13(11)19(5-6-20)9-14(16)17/h3-4,7,10,14,18,20H,5-6,8-9H2,1-2H3. The van der Waals surface area contributed by atoms with E-state index in [0.29, 0.717) is 17.3 Å². The Morgan fingerprint density at radius 1 is 1.35 bits per heavy atom. The van der Waals surface area contributed by atoms with Gasteiger partial charge < -0.3 is 15.3 Å². The molecule has 0 saturated heterocycles. The molecule has 0 saturated carbocycles. The molecule has 0 amide bonds. The maximum atomic E-state index is 12.7. The van der Waals surface area contributed by atoms with Crippen LogP contribution in [0, 0.1) is 0 Å². The van der Waals surface area contributed by atoms with Crippen molar-refractivity contribution < 1.29 is 13.9 Å². The Balaban J connectivity index is 2.99.